The Kier molecular flexibility index (Phi) is 20.4. The average molecular weight is 369 g/mol. The van der Waals surface area contributed by atoms with E-state index in [-0.39, 0.29) is 5.97 Å². The zero-order valence-electron chi connectivity index (χ0n) is 18.3. The molecule has 0 bridgehead atoms. The Morgan fingerprint density at radius 3 is 1.65 bits per heavy atom. The number of esters is 1. The molecule has 0 aromatic carbocycles. The monoisotopic (exact) mass is 368 g/mol. The van der Waals surface area contributed by atoms with E-state index >= 15 is 0 Å². The Balaban J connectivity index is 3.14. The Morgan fingerprint density at radius 2 is 1.15 bits per heavy atom. The van der Waals surface area contributed by atoms with Crippen molar-refractivity contribution in [2.75, 3.05) is 6.61 Å². The first kappa shape index (κ1) is 25.5. The summed E-state index contributed by atoms with van der Waals surface area (Å²) in [6, 6.07) is 0. The van der Waals surface area contributed by atoms with Crippen LogP contribution in [0.2, 0.25) is 0 Å². The van der Waals surface area contributed by atoms with Crippen LogP contribution in [0.5, 0.6) is 0 Å². The van der Waals surface area contributed by atoms with Gasteiger partial charge in [-0.2, -0.15) is 0 Å². The smallest absolute Gasteiger partial charge is 0.305 e. The van der Waals surface area contributed by atoms with Crippen LogP contribution in [0.1, 0.15) is 136 Å². The second-order valence-corrected chi connectivity index (χ2v) is 8.04. The van der Waals surface area contributed by atoms with E-state index in [4.69, 9.17) is 4.74 Å². The second-order valence-electron chi connectivity index (χ2n) is 8.04. The van der Waals surface area contributed by atoms with Crippen molar-refractivity contribution in [1.82, 2.24) is 0 Å². The van der Waals surface area contributed by atoms with E-state index in [1.807, 2.05) is 0 Å². The molecule has 156 valence electrons. The normalized spacial score (nSPS) is 11.2. The minimum absolute atomic E-state index is 0.00152. The molecule has 26 heavy (non-hydrogen) atoms. The van der Waals surface area contributed by atoms with Crippen LogP contribution in [-0.4, -0.2) is 12.6 Å². The molecule has 0 spiro atoms. The van der Waals surface area contributed by atoms with Gasteiger partial charge in [0.1, 0.15) is 0 Å². The molecule has 0 amide bonds. The highest BCUT2D eigenvalue weighted by atomic mass is 16.5. The highest BCUT2D eigenvalue weighted by Crippen LogP contribution is 2.18. The lowest BCUT2D eigenvalue weighted by Gasteiger charge is -2.11. The predicted octanol–water partition coefficient (Wildman–Crippen LogP) is 8.23. The van der Waals surface area contributed by atoms with Crippen molar-refractivity contribution in [3.05, 3.63) is 0 Å². The number of rotatable bonds is 20. The molecule has 0 unspecified atom stereocenters. The van der Waals surface area contributed by atoms with Gasteiger partial charge in [0.2, 0.25) is 0 Å². The standard InChI is InChI=1S/C24H48O2/c1-4-7-17-21-24(25)26-22-19-16-14-12-10-8-9-11-13-15-18-20-23(5-2)6-3/h23H,4-22H2,1-3H3. The number of unbranched alkanes of at least 4 members (excludes halogenated alkanes) is 12. The number of ether oxygens (including phenoxy) is 1. The lowest BCUT2D eigenvalue weighted by Crippen LogP contribution is -2.05. The molecule has 0 N–H and O–H groups in total. The molecular formula is C24H48O2. The minimum atomic E-state index is -0.00152. The Hall–Kier alpha value is -0.530. The number of hydrogen-bond donors (Lipinski definition) is 0. The summed E-state index contributed by atoms with van der Waals surface area (Å²) in [6.07, 6.45) is 22.9. The topological polar surface area (TPSA) is 26.3 Å². The van der Waals surface area contributed by atoms with Gasteiger partial charge in [-0.1, -0.05) is 117 Å². The van der Waals surface area contributed by atoms with Crippen molar-refractivity contribution >= 4 is 5.97 Å². The number of carbonyl (C=O) groups excluding carboxylic acids is 1. The molecule has 0 aliphatic carbocycles. The fourth-order valence-electron chi connectivity index (χ4n) is 3.60. The maximum absolute atomic E-state index is 11.5. The van der Waals surface area contributed by atoms with Gasteiger partial charge in [-0.15, -0.1) is 0 Å². The maximum atomic E-state index is 11.5. The predicted molar refractivity (Wildman–Crippen MR) is 115 cm³/mol. The van der Waals surface area contributed by atoms with Crippen LogP contribution in [0, 0.1) is 5.92 Å². The van der Waals surface area contributed by atoms with Crippen LogP contribution in [0.3, 0.4) is 0 Å². The van der Waals surface area contributed by atoms with Gasteiger partial charge in [0.15, 0.2) is 0 Å². The molecule has 0 fully saturated rings. The van der Waals surface area contributed by atoms with Crippen LogP contribution >= 0.6 is 0 Å². The van der Waals surface area contributed by atoms with Crippen LogP contribution in [0.25, 0.3) is 0 Å². The lowest BCUT2D eigenvalue weighted by molar-refractivity contribution is -0.143. The summed E-state index contributed by atoms with van der Waals surface area (Å²) in [4.78, 5) is 11.5. The average Bonchev–Trinajstić information content (AvgIpc) is 2.65. The van der Waals surface area contributed by atoms with E-state index in [1.165, 1.54) is 83.5 Å². The van der Waals surface area contributed by atoms with Crippen LogP contribution in [0.15, 0.2) is 0 Å². The van der Waals surface area contributed by atoms with Crippen molar-refractivity contribution in [3.63, 3.8) is 0 Å². The molecule has 0 atom stereocenters. The lowest BCUT2D eigenvalue weighted by atomic mass is 9.95. The van der Waals surface area contributed by atoms with E-state index in [9.17, 15) is 4.79 Å². The molecule has 0 saturated heterocycles. The molecule has 0 aliphatic rings. The van der Waals surface area contributed by atoms with Crippen molar-refractivity contribution < 1.29 is 9.53 Å². The van der Waals surface area contributed by atoms with E-state index < -0.39 is 0 Å². The van der Waals surface area contributed by atoms with E-state index in [1.54, 1.807) is 0 Å². The molecule has 2 heteroatoms. The summed E-state index contributed by atoms with van der Waals surface area (Å²) in [6.45, 7) is 7.44. The first-order valence-electron chi connectivity index (χ1n) is 11.9. The largest absolute Gasteiger partial charge is 0.466 e. The quantitative estimate of drug-likeness (QED) is 0.160. The molecule has 2 nitrogen and oxygen atoms in total. The molecule has 0 radical (unpaired) electrons. The van der Waals surface area contributed by atoms with Gasteiger partial charge >= 0.3 is 5.97 Å². The molecule has 0 aromatic rings. The second kappa shape index (κ2) is 20.8. The van der Waals surface area contributed by atoms with Crippen LogP contribution in [0.4, 0.5) is 0 Å². The highest BCUT2D eigenvalue weighted by Gasteiger charge is 2.03. The summed E-state index contributed by atoms with van der Waals surface area (Å²) >= 11 is 0. The fourth-order valence-corrected chi connectivity index (χ4v) is 3.60. The summed E-state index contributed by atoms with van der Waals surface area (Å²) in [7, 11) is 0. The zero-order chi connectivity index (χ0) is 19.3. The van der Waals surface area contributed by atoms with E-state index in [0.717, 1.165) is 31.6 Å². The maximum Gasteiger partial charge on any atom is 0.305 e. The summed E-state index contributed by atoms with van der Waals surface area (Å²) in [5.41, 5.74) is 0. The number of carbonyl (C=O) groups is 1. The summed E-state index contributed by atoms with van der Waals surface area (Å²) in [5.74, 6) is 0.970. The zero-order valence-corrected chi connectivity index (χ0v) is 18.3. The molecular weight excluding hydrogens is 320 g/mol. The first-order valence-corrected chi connectivity index (χ1v) is 11.9. The SMILES string of the molecule is CCCCCC(=O)OCCCCCCCCCCCCCC(CC)CC. The Bertz CT molecular complexity index is 284. The molecule has 0 aromatic heterocycles. The van der Waals surface area contributed by atoms with Gasteiger partial charge in [0, 0.05) is 6.42 Å². The van der Waals surface area contributed by atoms with Gasteiger partial charge in [-0.3, -0.25) is 4.79 Å². The Morgan fingerprint density at radius 1 is 0.654 bits per heavy atom. The summed E-state index contributed by atoms with van der Waals surface area (Å²) < 4.78 is 5.27. The van der Waals surface area contributed by atoms with E-state index in [2.05, 4.69) is 20.8 Å². The molecule has 0 aliphatic heterocycles. The third-order valence-electron chi connectivity index (χ3n) is 5.66. The van der Waals surface area contributed by atoms with Crippen molar-refractivity contribution in [3.8, 4) is 0 Å². The van der Waals surface area contributed by atoms with Crippen molar-refractivity contribution in [2.45, 2.75) is 136 Å². The van der Waals surface area contributed by atoms with Gasteiger partial charge in [-0.05, 0) is 18.8 Å². The van der Waals surface area contributed by atoms with Crippen LogP contribution in [-0.2, 0) is 9.53 Å². The van der Waals surface area contributed by atoms with Crippen molar-refractivity contribution in [1.29, 1.82) is 0 Å². The molecule has 0 rings (SSSR count). The van der Waals surface area contributed by atoms with Crippen molar-refractivity contribution in [2.24, 2.45) is 5.92 Å². The third-order valence-corrected chi connectivity index (χ3v) is 5.66. The van der Waals surface area contributed by atoms with Gasteiger partial charge in [0.25, 0.3) is 0 Å². The van der Waals surface area contributed by atoms with Gasteiger partial charge in [0.05, 0.1) is 6.61 Å². The van der Waals surface area contributed by atoms with Crippen LogP contribution < -0.4 is 0 Å². The molecule has 0 heterocycles. The third kappa shape index (κ3) is 18.3. The first-order chi connectivity index (χ1) is 12.7. The number of hydrogen-bond acceptors (Lipinski definition) is 2. The van der Waals surface area contributed by atoms with E-state index in [0.29, 0.717) is 13.0 Å². The van der Waals surface area contributed by atoms with Gasteiger partial charge < -0.3 is 4.74 Å². The fraction of sp³-hybridized carbons (Fsp3) is 0.958. The Labute approximate surface area is 164 Å². The highest BCUT2D eigenvalue weighted by molar-refractivity contribution is 5.69. The minimum Gasteiger partial charge on any atom is -0.466 e. The molecule has 0 saturated carbocycles. The summed E-state index contributed by atoms with van der Waals surface area (Å²) in [5, 5.41) is 0. The van der Waals surface area contributed by atoms with Gasteiger partial charge in [-0.25, -0.2) is 0 Å².